The summed E-state index contributed by atoms with van der Waals surface area (Å²) in [4.78, 5) is 4.36. The first-order valence-corrected chi connectivity index (χ1v) is 5.91. The van der Waals surface area contributed by atoms with Gasteiger partial charge in [-0.05, 0) is 11.3 Å². The van der Waals surface area contributed by atoms with Crippen molar-refractivity contribution in [3.8, 4) is 0 Å². The second-order valence-corrected chi connectivity index (χ2v) is 5.70. The van der Waals surface area contributed by atoms with Gasteiger partial charge < -0.3 is 10.3 Å². The molecule has 2 unspecified atom stereocenters. The predicted molar refractivity (Wildman–Crippen MR) is 63.8 cm³/mol. The fourth-order valence-corrected chi connectivity index (χ4v) is 1.45. The van der Waals surface area contributed by atoms with Crippen molar-refractivity contribution in [3.05, 3.63) is 11.7 Å². The van der Waals surface area contributed by atoms with Crippen LogP contribution in [0.3, 0.4) is 0 Å². The van der Waals surface area contributed by atoms with E-state index < -0.39 is 0 Å². The molecule has 1 rings (SSSR count). The smallest absolute Gasteiger partial charge is 0.243 e. The minimum Gasteiger partial charge on any atom is -0.338 e. The van der Waals surface area contributed by atoms with Crippen molar-refractivity contribution in [3.63, 3.8) is 0 Å². The summed E-state index contributed by atoms with van der Waals surface area (Å²) in [5.41, 5.74) is 6.20. The van der Waals surface area contributed by atoms with Gasteiger partial charge in [0.25, 0.3) is 0 Å². The highest BCUT2D eigenvalue weighted by Crippen LogP contribution is 2.23. The van der Waals surface area contributed by atoms with E-state index in [0.717, 1.165) is 18.7 Å². The molecular formula is C12H23N3O. The zero-order valence-electron chi connectivity index (χ0n) is 10.9. The molecule has 0 aliphatic carbocycles. The number of nitrogens with two attached hydrogens (primary N) is 1. The monoisotopic (exact) mass is 225 g/mol. The Labute approximate surface area is 97.6 Å². The first-order chi connectivity index (χ1) is 7.33. The quantitative estimate of drug-likeness (QED) is 0.855. The summed E-state index contributed by atoms with van der Waals surface area (Å²) < 4.78 is 5.21. The highest BCUT2D eigenvalue weighted by molar-refractivity contribution is 4.95. The number of nitrogens with zero attached hydrogens (tertiary/aromatic N) is 2. The molecule has 4 nitrogen and oxygen atoms in total. The largest absolute Gasteiger partial charge is 0.338 e. The Bertz CT molecular complexity index is 327. The molecule has 16 heavy (non-hydrogen) atoms. The molecule has 0 amide bonds. The van der Waals surface area contributed by atoms with Crippen LogP contribution in [-0.2, 0) is 6.42 Å². The van der Waals surface area contributed by atoms with Crippen molar-refractivity contribution in [1.82, 2.24) is 10.1 Å². The van der Waals surface area contributed by atoms with Crippen LogP contribution in [0, 0.1) is 11.3 Å². The van der Waals surface area contributed by atoms with E-state index in [1.165, 1.54) is 0 Å². The third-order valence-electron chi connectivity index (χ3n) is 2.71. The van der Waals surface area contributed by atoms with E-state index in [-0.39, 0.29) is 11.5 Å². The Morgan fingerprint density at radius 2 is 2.00 bits per heavy atom. The van der Waals surface area contributed by atoms with Gasteiger partial charge in [-0.15, -0.1) is 0 Å². The number of rotatable bonds is 4. The summed E-state index contributed by atoms with van der Waals surface area (Å²) in [6, 6.07) is -0.147. The van der Waals surface area contributed by atoms with Crippen LogP contribution < -0.4 is 5.73 Å². The van der Waals surface area contributed by atoms with Gasteiger partial charge in [-0.25, -0.2) is 0 Å². The standard InChI is InChI=1S/C12H23N3O/c1-6-8(2)10(13)11-14-9(15-16-11)7-12(3,4)5/h8,10H,6-7,13H2,1-5H3. The van der Waals surface area contributed by atoms with Crippen molar-refractivity contribution in [1.29, 1.82) is 0 Å². The first-order valence-electron chi connectivity index (χ1n) is 5.91. The van der Waals surface area contributed by atoms with Crippen molar-refractivity contribution >= 4 is 0 Å². The Kier molecular flexibility index (Phi) is 4.08. The number of aromatic nitrogens is 2. The minimum atomic E-state index is -0.147. The van der Waals surface area contributed by atoms with E-state index in [2.05, 4.69) is 44.8 Å². The summed E-state index contributed by atoms with van der Waals surface area (Å²) in [5.74, 6) is 1.68. The lowest BCUT2D eigenvalue weighted by Gasteiger charge is -2.15. The number of hydrogen-bond acceptors (Lipinski definition) is 4. The third kappa shape index (κ3) is 3.59. The van der Waals surface area contributed by atoms with Gasteiger partial charge in [-0.2, -0.15) is 4.98 Å². The van der Waals surface area contributed by atoms with Gasteiger partial charge in [0, 0.05) is 6.42 Å². The van der Waals surface area contributed by atoms with Gasteiger partial charge in [-0.3, -0.25) is 0 Å². The molecule has 0 radical (unpaired) electrons. The summed E-state index contributed by atoms with van der Waals surface area (Å²) in [6.45, 7) is 10.7. The zero-order valence-corrected chi connectivity index (χ0v) is 10.9. The predicted octanol–water partition coefficient (Wildman–Crippen LogP) is 2.70. The second kappa shape index (κ2) is 4.95. The van der Waals surface area contributed by atoms with Gasteiger partial charge >= 0.3 is 0 Å². The first kappa shape index (κ1) is 13.2. The number of hydrogen-bond donors (Lipinski definition) is 1. The molecule has 1 aromatic heterocycles. The zero-order chi connectivity index (χ0) is 12.3. The van der Waals surface area contributed by atoms with E-state index >= 15 is 0 Å². The van der Waals surface area contributed by atoms with Gasteiger partial charge in [0.1, 0.15) is 0 Å². The molecule has 4 heteroatoms. The molecule has 0 bridgehead atoms. The maximum absolute atomic E-state index is 6.03. The fourth-order valence-electron chi connectivity index (χ4n) is 1.45. The lowest BCUT2D eigenvalue weighted by atomic mass is 9.92. The second-order valence-electron chi connectivity index (χ2n) is 5.70. The maximum atomic E-state index is 6.03. The average Bonchev–Trinajstić information content (AvgIpc) is 2.61. The third-order valence-corrected chi connectivity index (χ3v) is 2.71. The van der Waals surface area contributed by atoms with Crippen molar-refractivity contribution < 1.29 is 4.52 Å². The molecule has 0 fully saturated rings. The summed E-state index contributed by atoms with van der Waals surface area (Å²) in [6.07, 6.45) is 1.82. The Morgan fingerprint density at radius 3 is 2.50 bits per heavy atom. The summed E-state index contributed by atoms with van der Waals surface area (Å²) in [7, 11) is 0. The Morgan fingerprint density at radius 1 is 1.38 bits per heavy atom. The van der Waals surface area contributed by atoms with Crippen LogP contribution in [0.4, 0.5) is 0 Å². The van der Waals surface area contributed by atoms with Crippen LogP contribution in [0.2, 0.25) is 0 Å². The van der Waals surface area contributed by atoms with Crippen LogP contribution in [0.25, 0.3) is 0 Å². The minimum absolute atomic E-state index is 0.147. The van der Waals surface area contributed by atoms with E-state index in [1.54, 1.807) is 0 Å². The molecule has 0 aliphatic rings. The lowest BCUT2D eigenvalue weighted by Crippen LogP contribution is -2.19. The molecule has 2 atom stereocenters. The molecular weight excluding hydrogens is 202 g/mol. The molecule has 0 saturated carbocycles. The molecule has 0 aliphatic heterocycles. The van der Waals surface area contributed by atoms with E-state index in [9.17, 15) is 0 Å². The molecule has 0 spiro atoms. The van der Waals surface area contributed by atoms with Gasteiger partial charge in [0.2, 0.25) is 5.89 Å². The molecule has 0 saturated heterocycles. The van der Waals surface area contributed by atoms with E-state index in [1.807, 2.05) is 0 Å². The summed E-state index contributed by atoms with van der Waals surface area (Å²) in [5, 5.41) is 3.97. The van der Waals surface area contributed by atoms with Gasteiger partial charge in [0.15, 0.2) is 5.82 Å². The highest BCUT2D eigenvalue weighted by atomic mass is 16.5. The highest BCUT2D eigenvalue weighted by Gasteiger charge is 2.22. The topological polar surface area (TPSA) is 64.9 Å². The van der Waals surface area contributed by atoms with Gasteiger partial charge in [-0.1, -0.05) is 46.2 Å². The lowest BCUT2D eigenvalue weighted by molar-refractivity contribution is 0.307. The molecule has 0 aromatic carbocycles. The SMILES string of the molecule is CCC(C)C(N)c1nc(CC(C)(C)C)no1. The molecule has 2 N–H and O–H groups in total. The molecule has 1 aromatic rings. The van der Waals surface area contributed by atoms with Crippen molar-refractivity contribution in [2.75, 3.05) is 0 Å². The Hall–Kier alpha value is -0.900. The molecule has 92 valence electrons. The normalized spacial score (nSPS) is 16.1. The fraction of sp³-hybridized carbons (Fsp3) is 0.833. The van der Waals surface area contributed by atoms with E-state index in [0.29, 0.717) is 11.8 Å². The Balaban J connectivity index is 2.71. The van der Waals surface area contributed by atoms with Crippen LogP contribution in [0.1, 0.15) is 58.8 Å². The van der Waals surface area contributed by atoms with Crippen molar-refractivity contribution in [2.45, 2.75) is 53.5 Å². The molecule has 1 heterocycles. The summed E-state index contributed by atoms with van der Waals surface area (Å²) >= 11 is 0. The van der Waals surface area contributed by atoms with Crippen molar-refractivity contribution in [2.24, 2.45) is 17.1 Å². The van der Waals surface area contributed by atoms with E-state index in [4.69, 9.17) is 10.3 Å². The van der Waals surface area contributed by atoms with Crippen LogP contribution >= 0.6 is 0 Å². The van der Waals surface area contributed by atoms with Crippen LogP contribution in [-0.4, -0.2) is 10.1 Å². The van der Waals surface area contributed by atoms with Crippen LogP contribution in [0.5, 0.6) is 0 Å². The van der Waals surface area contributed by atoms with Gasteiger partial charge in [0.05, 0.1) is 6.04 Å². The maximum Gasteiger partial charge on any atom is 0.243 e. The average molecular weight is 225 g/mol. The van der Waals surface area contributed by atoms with Crippen LogP contribution in [0.15, 0.2) is 4.52 Å².